The standard InChI is InChI=1S/C13H25NO3/c1-12(2,3)8-13(4,5)17-11(16)10-6-9(15)7-14-10/h9-10,14-15H,6-8H2,1-5H3/t9-,10-/m0/s1. The van der Waals surface area contributed by atoms with Crippen molar-refractivity contribution < 1.29 is 14.6 Å². The Hall–Kier alpha value is -0.610. The van der Waals surface area contributed by atoms with Crippen LogP contribution in [0.1, 0.15) is 47.5 Å². The number of hydrogen-bond acceptors (Lipinski definition) is 4. The van der Waals surface area contributed by atoms with E-state index in [1.54, 1.807) is 0 Å². The molecule has 4 nitrogen and oxygen atoms in total. The number of carbonyl (C=O) groups excluding carboxylic acids is 1. The smallest absolute Gasteiger partial charge is 0.323 e. The molecule has 1 heterocycles. The molecular formula is C13H25NO3. The molecule has 0 amide bonds. The fourth-order valence-corrected chi connectivity index (χ4v) is 2.55. The third kappa shape index (κ3) is 5.04. The first kappa shape index (κ1) is 14.5. The van der Waals surface area contributed by atoms with E-state index in [4.69, 9.17) is 4.74 Å². The van der Waals surface area contributed by atoms with E-state index >= 15 is 0 Å². The zero-order chi connectivity index (χ0) is 13.3. The van der Waals surface area contributed by atoms with Gasteiger partial charge in [0.15, 0.2) is 0 Å². The Balaban J connectivity index is 2.50. The van der Waals surface area contributed by atoms with Gasteiger partial charge in [-0.15, -0.1) is 0 Å². The number of aliphatic hydroxyl groups is 1. The van der Waals surface area contributed by atoms with Crippen molar-refractivity contribution in [2.75, 3.05) is 6.54 Å². The Kier molecular flexibility index (Phi) is 4.20. The summed E-state index contributed by atoms with van der Waals surface area (Å²) in [6.45, 7) is 10.7. The van der Waals surface area contributed by atoms with Crippen molar-refractivity contribution >= 4 is 5.97 Å². The summed E-state index contributed by atoms with van der Waals surface area (Å²) in [5.74, 6) is -0.254. The molecular weight excluding hydrogens is 218 g/mol. The van der Waals surface area contributed by atoms with E-state index in [9.17, 15) is 9.90 Å². The van der Waals surface area contributed by atoms with Gasteiger partial charge in [0.2, 0.25) is 0 Å². The molecule has 0 spiro atoms. The highest BCUT2D eigenvalue weighted by Crippen LogP contribution is 2.30. The highest BCUT2D eigenvalue weighted by molar-refractivity contribution is 5.76. The Morgan fingerprint density at radius 3 is 2.35 bits per heavy atom. The van der Waals surface area contributed by atoms with Crippen LogP contribution in [0.4, 0.5) is 0 Å². The molecule has 1 aliphatic rings. The number of aliphatic hydroxyl groups excluding tert-OH is 1. The molecule has 1 aliphatic heterocycles. The van der Waals surface area contributed by atoms with Crippen LogP contribution in [0.2, 0.25) is 0 Å². The van der Waals surface area contributed by atoms with Crippen LogP contribution < -0.4 is 5.32 Å². The number of β-amino-alcohol motifs (C(OH)–C–C–N with tert-alkyl or cyclic N) is 1. The van der Waals surface area contributed by atoms with Crippen molar-refractivity contribution in [2.45, 2.75) is 65.2 Å². The zero-order valence-corrected chi connectivity index (χ0v) is 11.5. The molecule has 4 heteroatoms. The van der Waals surface area contributed by atoms with Gasteiger partial charge < -0.3 is 15.2 Å². The lowest BCUT2D eigenvalue weighted by atomic mass is 9.83. The van der Waals surface area contributed by atoms with E-state index in [0.717, 1.165) is 6.42 Å². The number of carbonyl (C=O) groups is 1. The average Bonchev–Trinajstić information content (AvgIpc) is 2.45. The molecule has 2 N–H and O–H groups in total. The fourth-order valence-electron chi connectivity index (χ4n) is 2.55. The maximum atomic E-state index is 11.9. The summed E-state index contributed by atoms with van der Waals surface area (Å²) in [4.78, 5) is 11.9. The van der Waals surface area contributed by atoms with Gasteiger partial charge in [0.25, 0.3) is 0 Å². The number of ether oxygens (including phenoxy) is 1. The summed E-state index contributed by atoms with van der Waals surface area (Å²) in [5.41, 5.74) is -0.350. The summed E-state index contributed by atoms with van der Waals surface area (Å²) in [6.07, 6.45) is 0.823. The van der Waals surface area contributed by atoms with Gasteiger partial charge in [-0.05, 0) is 25.7 Å². The molecule has 0 bridgehead atoms. The number of hydrogen-bond donors (Lipinski definition) is 2. The van der Waals surface area contributed by atoms with Crippen molar-refractivity contribution in [2.24, 2.45) is 5.41 Å². The largest absolute Gasteiger partial charge is 0.458 e. The van der Waals surface area contributed by atoms with Gasteiger partial charge in [0, 0.05) is 13.0 Å². The average molecular weight is 243 g/mol. The minimum Gasteiger partial charge on any atom is -0.458 e. The predicted molar refractivity (Wildman–Crippen MR) is 66.7 cm³/mol. The molecule has 100 valence electrons. The highest BCUT2D eigenvalue weighted by atomic mass is 16.6. The second-order valence-corrected chi connectivity index (χ2v) is 6.77. The van der Waals surface area contributed by atoms with Crippen LogP contribution in [-0.4, -0.2) is 35.4 Å². The van der Waals surface area contributed by atoms with E-state index in [0.29, 0.717) is 13.0 Å². The van der Waals surface area contributed by atoms with Gasteiger partial charge in [-0.1, -0.05) is 20.8 Å². The molecule has 1 rings (SSSR count). The Labute approximate surface area is 104 Å². The van der Waals surface area contributed by atoms with Gasteiger partial charge in [-0.3, -0.25) is 4.79 Å². The highest BCUT2D eigenvalue weighted by Gasteiger charge is 2.35. The number of esters is 1. The number of nitrogens with one attached hydrogen (secondary N) is 1. The van der Waals surface area contributed by atoms with Crippen molar-refractivity contribution in [1.29, 1.82) is 0 Å². The van der Waals surface area contributed by atoms with Gasteiger partial charge >= 0.3 is 5.97 Å². The first-order valence-corrected chi connectivity index (χ1v) is 6.23. The van der Waals surface area contributed by atoms with Crippen LogP contribution in [0, 0.1) is 5.41 Å². The maximum Gasteiger partial charge on any atom is 0.323 e. The summed E-state index contributed by atoms with van der Waals surface area (Å²) in [5, 5.41) is 12.3. The van der Waals surface area contributed by atoms with Gasteiger partial charge in [-0.25, -0.2) is 0 Å². The van der Waals surface area contributed by atoms with E-state index in [1.807, 2.05) is 13.8 Å². The lowest BCUT2D eigenvalue weighted by Gasteiger charge is -2.33. The third-order valence-corrected chi connectivity index (χ3v) is 2.73. The van der Waals surface area contributed by atoms with E-state index < -0.39 is 11.7 Å². The molecule has 1 saturated heterocycles. The first-order valence-electron chi connectivity index (χ1n) is 6.23. The second-order valence-electron chi connectivity index (χ2n) is 6.77. The third-order valence-electron chi connectivity index (χ3n) is 2.73. The van der Waals surface area contributed by atoms with Crippen LogP contribution in [-0.2, 0) is 9.53 Å². The van der Waals surface area contributed by atoms with Gasteiger partial charge in [0.05, 0.1) is 6.10 Å². The normalized spacial score (nSPS) is 26.0. The van der Waals surface area contributed by atoms with Crippen molar-refractivity contribution in [3.05, 3.63) is 0 Å². The molecule has 17 heavy (non-hydrogen) atoms. The summed E-state index contributed by atoms with van der Waals surface area (Å²) in [6, 6.07) is -0.357. The quantitative estimate of drug-likeness (QED) is 0.737. The molecule has 0 unspecified atom stereocenters. The first-order chi connectivity index (χ1) is 7.59. The van der Waals surface area contributed by atoms with Gasteiger partial charge in [-0.2, -0.15) is 0 Å². The van der Waals surface area contributed by atoms with E-state index in [2.05, 4.69) is 26.1 Å². The molecule has 0 aromatic heterocycles. The summed E-state index contributed by atoms with van der Waals surface area (Å²) >= 11 is 0. The minimum absolute atomic E-state index is 0.117. The summed E-state index contributed by atoms with van der Waals surface area (Å²) in [7, 11) is 0. The molecule has 0 radical (unpaired) electrons. The van der Waals surface area contributed by atoms with Crippen LogP contribution >= 0.6 is 0 Å². The van der Waals surface area contributed by atoms with Crippen LogP contribution in [0.5, 0.6) is 0 Å². The van der Waals surface area contributed by atoms with Crippen molar-refractivity contribution in [3.63, 3.8) is 0 Å². The lowest BCUT2D eigenvalue weighted by molar-refractivity contribution is -0.161. The topological polar surface area (TPSA) is 58.6 Å². The molecule has 0 aliphatic carbocycles. The van der Waals surface area contributed by atoms with Crippen molar-refractivity contribution in [3.8, 4) is 0 Å². The second kappa shape index (κ2) is 4.94. The molecule has 0 aromatic rings. The lowest BCUT2D eigenvalue weighted by Crippen LogP contribution is -2.40. The molecule has 1 fully saturated rings. The Bertz CT molecular complexity index is 281. The van der Waals surface area contributed by atoms with Crippen molar-refractivity contribution in [1.82, 2.24) is 5.32 Å². The maximum absolute atomic E-state index is 11.9. The monoisotopic (exact) mass is 243 g/mol. The van der Waals surface area contributed by atoms with E-state index in [1.165, 1.54) is 0 Å². The fraction of sp³-hybridized carbons (Fsp3) is 0.923. The Morgan fingerprint density at radius 2 is 1.94 bits per heavy atom. The summed E-state index contributed by atoms with van der Waals surface area (Å²) < 4.78 is 5.53. The number of rotatable bonds is 3. The van der Waals surface area contributed by atoms with Gasteiger partial charge in [0.1, 0.15) is 11.6 Å². The predicted octanol–water partition coefficient (Wildman–Crippen LogP) is 1.47. The minimum atomic E-state index is -0.468. The SMILES string of the molecule is CC(C)(C)CC(C)(C)OC(=O)[C@@H]1C[C@H](O)CN1. The van der Waals surface area contributed by atoms with E-state index in [-0.39, 0.29) is 17.4 Å². The zero-order valence-electron chi connectivity index (χ0n) is 11.5. The Morgan fingerprint density at radius 1 is 1.35 bits per heavy atom. The van der Waals surface area contributed by atoms with Crippen LogP contribution in [0.3, 0.4) is 0 Å². The van der Waals surface area contributed by atoms with Crippen LogP contribution in [0.25, 0.3) is 0 Å². The molecule has 2 atom stereocenters. The molecule has 0 aromatic carbocycles. The molecule has 0 saturated carbocycles. The van der Waals surface area contributed by atoms with Crippen LogP contribution in [0.15, 0.2) is 0 Å².